The highest BCUT2D eigenvalue weighted by molar-refractivity contribution is 14.1. The standard InChI is InChI=1S/C17H15F2IN2O2/c1-2-22(17(24)11-6-3-4-9-14(11)20)10-15(23)21-16-12(18)7-5-8-13(16)19/h3-9H,2,10H2,1H3,(H,21,23). The lowest BCUT2D eigenvalue weighted by molar-refractivity contribution is -0.116. The molecule has 0 radical (unpaired) electrons. The van der Waals surface area contributed by atoms with E-state index < -0.39 is 23.2 Å². The second kappa shape index (κ2) is 8.18. The van der Waals surface area contributed by atoms with Crippen molar-refractivity contribution in [2.24, 2.45) is 0 Å². The Hall–Kier alpha value is -2.03. The Labute approximate surface area is 152 Å². The number of halogens is 3. The fourth-order valence-electron chi connectivity index (χ4n) is 2.10. The second-order valence-electron chi connectivity index (χ2n) is 4.94. The Morgan fingerprint density at radius 2 is 1.71 bits per heavy atom. The van der Waals surface area contributed by atoms with Crippen molar-refractivity contribution in [3.8, 4) is 0 Å². The van der Waals surface area contributed by atoms with Crippen LogP contribution in [0.25, 0.3) is 0 Å². The van der Waals surface area contributed by atoms with Crippen molar-refractivity contribution in [3.05, 3.63) is 63.2 Å². The van der Waals surface area contributed by atoms with Gasteiger partial charge >= 0.3 is 0 Å². The van der Waals surface area contributed by atoms with E-state index in [1.165, 1.54) is 11.0 Å². The lowest BCUT2D eigenvalue weighted by Crippen LogP contribution is -2.38. The van der Waals surface area contributed by atoms with Gasteiger partial charge in [0.05, 0.1) is 5.56 Å². The monoisotopic (exact) mass is 444 g/mol. The highest BCUT2D eigenvalue weighted by Crippen LogP contribution is 2.18. The van der Waals surface area contributed by atoms with Crippen molar-refractivity contribution in [3.63, 3.8) is 0 Å². The zero-order valence-electron chi connectivity index (χ0n) is 12.9. The van der Waals surface area contributed by atoms with Crippen molar-refractivity contribution in [2.45, 2.75) is 6.92 Å². The average molecular weight is 444 g/mol. The molecular weight excluding hydrogens is 429 g/mol. The molecule has 0 unspecified atom stereocenters. The Morgan fingerprint density at radius 3 is 2.29 bits per heavy atom. The van der Waals surface area contributed by atoms with Crippen molar-refractivity contribution in [1.29, 1.82) is 0 Å². The summed E-state index contributed by atoms with van der Waals surface area (Å²) >= 11 is 2.04. The van der Waals surface area contributed by atoms with Crippen molar-refractivity contribution >= 4 is 40.1 Å². The fraction of sp³-hybridized carbons (Fsp3) is 0.176. The minimum absolute atomic E-state index is 0.289. The first-order valence-corrected chi connectivity index (χ1v) is 8.29. The van der Waals surface area contributed by atoms with Crippen LogP contribution in [0.5, 0.6) is 0 Å². The third-order valence-corrected chi connectivity index (χ3v) is 4.28. The molecule has 2 amide bonds. The molecule has 0 saturated carbocycles. The smallest absolute Gasteiger partial charge is 0.255 e. The van der Waals surface area contributed by atoms with Gasteiger partial charge in [-0.15, -0.1) is 0 Å². The van der Waals surface area contributed by atoms with Crippen LogP contribution < -0.4 is 5.32 Å². The molecule has 0 atom stereocenters. The van der Waals surface area contributed by atoms with Gasteiger partial charge in [0.25, 0.3) is 5.91 Å². The van der Waals surface area contributed by atoms with Crippen LogP contribution in [0, 0.1) is 15.2 Å². The number of rotatable bonds is 5. The van der Waals surface area contributed by atoms with E-state index in [1.807, 2.05) is 28.7 Å². The normalized spacial score (nSPS) is 10.3. The number of nitrogens with one attached hydrogen (secondary N) is 1. The Bertz CT molecular complexity index is 748. The molecule has 7 heteroatoms. The third kappa shape index (κ3) is 4.28. The van der Waals surface area contributed by atoms with Crippen molar-refractivity contribution in [1.82, 2.24) is 4.90 Å². The Balaban J connectivity index is 2.11. The van der Waals surface area contributed by atoms with Crippen LogP contribution in [0.4, 0.5) is 14.5 Å². The third-order valence-electron chi connectivity index (χ3n) is 3.33. The first kappa shape index (κ1) is 18.3. The first-order chi connectivity index (χ1) is 11.4. The van der Waals surface area contributed by atoms with E-state index in [0.29, 0.717) is 5.56 Å². The molecule has 2 aromatic carbocycles. The molecule has 1 N–H and O–H groups in total. The number of hydrogen-bond acceptors (Lipinski definition) is 2. The van der Waals surface area contributed by atoms with Gasteiger partial charge in [0.2, 0.25) is 5.91 Å². The highest BCUT2D eigenvalue weighted by atomic mass is 127. The predicted molar refractivity (Wildman–Crippen MR) is 95.7 cm³/mol. The zero-order chi connectivity index (χ0) is 17.7. The maximum absolute atomic E-state index is 13.6. The molecule has 2 aromatic rings. The number of nitrogens with zero attached hydrogens (tertiary/aromatic N) is 1. The lowest BCUT2D eigenvalue weighted by Gasteiger charge is -2.21. The molecule has 0 heterocycles. The number of carbonyl (C=O) groups is 2. The zero-order valence-corrected chi connectivity index (χ0v) is 15.0. The quantitative estimate of drug-likeness (QED) is 0.716. The highest BCUT2D eigenvalue weighted by Gasteiger charge is 2.20. The largest absolute Gasteiger partial charge is 0.330 e. The summed E-state index contributed by atoms with van der Waals surface area (Å²) in [5, 5.41) is 2.18. The summed E-state index contributed by atoms with van der Waals surface area (Å²) in [6.45, 7) is 1.72. The molecule has 0 aromatic heterocycles. The van der Waals surface area contributed by atoms with Crippen LogP contribution in [0.2, 0.25) is 0 Å². The number of para-hydroxylation sites is 1. The van der Waals surface area contributed by atoms with Gasteiger partial charge < -0.3 is 10.2 Å². The van der Waals surface area contributed by atoms with Gasteiger partial charge in [0.1, 0.15) is 23.9 Å². The van der Waals surface area contributed by atoms with Crippen LogP contribution in [-0.2, 0) is 4.79 Å². The first-order valence-electron chi connectivity index (χ1n) is 7.21. The molecular formula is C17H15F2IN2O2. The topological polar surface area (TPSA) is 49.4 Å². The summed E-state index contributed by atoms with van der Waals surface area (Å²) in [7, 11) is 0. The number of hydrogen-bond donors (Lipinski definition) is 1. The minimum atomic E-state index is -0.865. The van der Waals surface area contributed by atoms with E-state index in [4.69, 9.17) is 0 Å². The van der Waals surface area contributed by atoms with Gasteiger partial charge in [-0.05, 0) is 53.8 Å². The molecule has 4 nitrogen and oxygen atoms in total. The number of carbonyl (C=O) groups excluding carboxylic acids is 2. The maximum atomic E-state index is 13.6. The predicted octanol–water partition coefficient (Wildman–Crippen LogP) is 3.67. The van der Waals surface area contributed by atoms with Gasteiger partial charge in [0.15, 0.2) is 0 Å². The molecule has 0 aliphatic carbocycles. The number of likely N-dealkylation sites (N-methyl/N-ethyl adjacent to an activating group) is 1. The summed E-state index contributed by atoms with van der Waals surface area (Å²) < 4.78 is 27.9. The van der Waals surface area contributed by atoms with Crippen LogP contribution in [0.1, 0.15) is 17.3 Å². The van der Waals surface area contributed by atoms with Gasteiger partial charge in [-0.25, -0.2) is 8.78 Å². The summed E-state index contributed by atoms with van der Waals surface area (Å²) in [4.78, 5) is 25.9. The molecule has 24 heavy (non-hydrogen) atoms. The average Bonchev–Trinajstić information content (AvgIpc) is 2.56. The summed E-state index contributed by atoms with van der Waals surface area (Å²) in [5.74, 6) is -2.71. The maximum Gasteiger partial charge on any atom is 0.255 e. The van der Waals surface area contributed by atoms with Crippen LogP contribution in [0.3, 0.4) is 0 Å². The molecule has 0 fully saturated rings. The van der Waals surface area contributed by atoms with Crippen molar-refractivity contribution < 1.29 is 18.4 Å². The number of benzene rings is 2. The van der Waals surface area contributed by atoms with Gasteiger partial charge in [-0.3, -0.25) is 9.59 Å². The lowest BCUT2D eigenvalue weighted by atomic mass is 10.2. The summed E-state index contributed by atoms with van der Waals surface area (Å²) in [5.41, 5.74) is -0.0369. The molecule has 0 aliphatic heterocycles. The van der Waals surface area contributed by atoms with E-state index >= 15 is 0 Å². The van der Waals surface area contributed by atoms with Crippen molar-refractivity contribution in [2.75, 3.05) is 18.4 Å². The van der Waals surface area contributed by atoms with Gasteiger partial charge in [-0.1, -0.05) is 18.2 Å². The van der Waals surface area contributed by atoms with E-state index in [-0.39, 0.29) is 19.0 Å². The Kier molecular flexibility index (Phi) is 6.24. The summed E-state index contributed by atoms with van der Waals surface area (Å²) in [6.07, 6.45) is 0. The van der Waals surface area contributed by atoms with Crippen LogP contribution >= 0.6 is 22.6 Å². The fourth-order valence-corrected chi connectivity index (χ4v) is 2.72. The summed E-state index contributed by atoms with van der Waals surface area (Å²) in [6, 6.07) is 10.3. The molecule has 0 aliphatic rings. The Morgan fingerprint density at radius 1 is 1.08 bits per heavy atom. The second-order valence-corrected chi connectivity index (χ2v) is 6.11. The number of amides is 2. The molecule has 0 spiro atoms. The van der Waals surface area contributed by atoms with E-state index in [9.17, 15) is 18.4 Å². The van der Waals surface area contributed by atoms with Crippen LogP contribution in [0.15, 0.2) is 42.5 Å². The molecule has 126 valence electrons. The van der Waals surface area contributed by atoms with Gasteiger partial charge in [-0.2, -0.15) is 0 Å². The van der Waals surface area contributed by atoms with E-state index in [2.05, 4.69) is 5.32 Å². The minimum Gasteiger partial charge on any atom is -0.330 e. The van der Waals surface area contributed by atoms with E-state index in [0.717, 1.165) is 15.7 Å². The number of anilines is 1. The van der Waals surface area contributed by atoms with Crippen LogP contribution in [-0.4, -0.2) is 29.8 Å². The SMILES string of the molecule is CCN(CC(=O)Nc1c(F)cccc1F)C(=O)c1ccccc1I. The molecule has 0 bridgehead atoms. The molecule has 2 rings (SSSR count). The van der Waals surface area contributed by atoms with Gasteiger partial charge in [0, 0.05) is 10.1 Å². The van der Waals surface area contributed by atoms with E-state index in [1.54, 1.807) is 25.1 Å². The molecule has 0 saturated heterocycles.